The number of carbonyl (C=O) groups excluding carboxylic acids is 2. The van der Waals surface area contributed by atoms with Crippen LogP contribution in [0.4, 0.5) is 0 Å². The van der Waals surface area contributed by atoms with Gasteiger partial charge in [0, 0.05) is 0 Å². The van der Waals surface area contributed by atoms with E-state index in [9.17, 15) is 9.59 Å². The summed E-state index contributed by atoms with van der Waals surface area (Å²) in [7, 11) is 1.64. The number of primary amides is 1. The van der Waals surface area contributed by atoms with E-state index in [-0.39, 0.29) is 12.5 Å². The molecule has 0 spiro atoms. The van der Waals surface area contributed by atoms with Gasteiger partial charge in [0.15, 0.2) is 0 Å². The van der Waals surface area contributed by atoms with Crippen molar-refractivity contribution in [1.29, 1.82) is 0 Å². The lowest BCUT2D eigenvalue weighted by molar-refractivity contribution is -0.126. The Labute approximate surface area is 77.0 Å². The molecule has 0 radical (unpaired) electrons. The molecule has 0 fully saturated rings. The Morgan fingerprint density at radius 1 is 1.46 bits per heavy atom. The molecular weight excluding hydrogens is 172 g/mol. The van der Waals surface area contributed by atoms with Crippen molar-refractivity contribution in [3.8, 4) is 0 Å². The molecule has 0 aromatic heterocycles. The van der Waals surface area contributed by atoms with Gasteiger partial charge in [-0.1, -0.05) is 0 Å². The molecule has 0 aromatic carbocycles. The standard InChI is InChI=1S/C7H16N4O2/c1-10-4-6(12)11-5(2-3-8)7(9)13/h5,10H,2-4,8H2,1H3,(H2,9,13)(H,11,12). The van der Waals surface area contributed by atoms with Crippen LogP contribution in [0.5, 0.6) is 0 Å². The lowest BCUT2D eigenvalue weighted by Crippen LogP contribution is -2.47. The maximum atomic E-state index is 11.0. The molecule has 76 valence electrons. The van der Waals surface area contributed by atoms with Crippen LogP contribution in [-0.4, -0.2) is 38.0 Å². The van der Waals surface area contributed by atoms with Gasteiger partial charge in [0.1, 0.15) is 6.04 Å². The zero-order valence-corrected chi connectivity index (χ0v) is 7.67. The first-order chi connectivity index (χ1) is 6.11. The maximum absolute atomic E-state index is 11.0. The Hall–Kier alpha value is -1.14. The van der Waals surface area contributed by atoms with Crippen LogP contribution < -0.4 is 22.1 Å². The topological polar surface area (TPSA) is 110 Å². The molecule has 0 rings (SSSR count). The van der Waals surface area contributed by atoms with E-state index < -0.39 is 11.9 Å². The minimum atomic E-state index is -0.661. The molecular formula is C7H16N4O2. The summed E-state index contributed by atoms with van der Waals surface area (Å²) < 4.78 is 0. The number of nitrogens with one attached hydrogen (secondary N) is 2. The van der Waals surface area contributed by atoms with Gasteiger partial charge in [0.2, 0.25) is 11.8 Å². The average Bonchev–Trinajstić information content (AvgIpc) is 2.04. The minimum absolute atomic E-state index is 0.161. The molecule has 6 heteroatoms. The van der Waals surface area contributed by atoms with Crippen molar-refractivity contribution in [2.24, 2.45) is 11.5 Å². The third kappa shape index (κ3) is 5.15. The van der Waals surface area contributed by atoms with E-state index in [1.54, 1.807) is 7.05 Å². The maximum Gasteiger partial charge on any atom is 0.240 e. The van der Waals surface area contributed by atoms with Crippen LogP contribution in [-0.2, 0) is 9.59 Å². The fraction of sp³-hybridized carbons (Fsp3) is 0.714. The normalized spacial score (nSPS) is 12.2. The molecule has 13 heavy (non-hydrogen) atoms. The minimum Gasteiger partial charge on any atom is -0.368 e. The summed E-state index contributed by atoms with van der Waals surface area (Å²) in [6, 6.07) is -0.661. The third-order valence-corrected chi connectivity index (χ3v) is 1.47. The highest BCUT2D eigenvalue weighted by molar-refractivity contribution is 5.87. The van der Waals surface area contributed by atoms with Gasteiger partial charge in [-0.3, -0.25) is 9.59 Å². The molecule has 6 nitrogen and oxygen atoms in total. The largest absolute Gasteiger partial charge is 0.368 e. The summed E-state index contributed by atoms with van der Waals surface area (Å²) in [5.74, 6) is -0.824. The van der Waals surface area contributed by atoms with Crippen LogP contribution >= 0.6 is 0 Å². The second-order valence-corrected chi connectivity index (χ2v) is 2.63. The Kier molecular flexibility index (Phi) is 5.82. The summed E-state index contributed by atoms with van der Waals surface area (Å²) >= 11 is 0. The molecule has 0 saturated carbocycles. The fourth-order valence-corrected chi connectivity index (χ4v) is 0.858. The van der Waals surface area contributed by atoms with Crippen LogP contribution in [0.25, 0.3) is 0 Å². The lowest BCUT2D eigenvalue weighted by atomic mass is 10.2. The Balaban J connectivity index is 3.94. The van der Waals surface area contributed by atoms with Gasteiger partial charge in [-0.2, -0.15) is 0 Å². The number of rotatable bonds is 6. The van der Waals surface area contributed by atoms with Crippen molar-refractivity contribution < 1.29 is 9.59 Å². The van der Waals surface area contributed by atoms with E-state index in [1.807, 2.05) is 0 Å². The first kappa shape index (κ1) is 11.9. The van der Waals surface area contributed by atoms with Gasteiger partial charge in [0.25, 0.3) is 0 Å². The van der Waals surface area contributed by atoms with E-state index in [4.69, 9.17) is 11.5 Å². The molecule has 0 aliphatic carbocycles. The van der Waals surface area contributed by atoms with Crippen molar-refractivity contribution in [1.82, 2.24) is 10.6 Å². The number of carbonyl (C=O) groups is 2. The Bertz CT molecular complexity index is 183. The predicted molar refractivity (Wildman–Crippen MR) is 48.7 cm³/mol. The van der Waals surface area contributed by atoms with Crippen molar-refractivity contribution in [2.45, 2.75) is 12.5 Å². The van der Waals surface area contributed by atoms with Gasteiger partial charge in [-0.25, -0.2) is 0 Å². The Morgan fingerprint density at radius 3 is 2.46 bits per heavy atom. The third-order valence-electron chi connectivity index (χ3n) is 1.47. The number of hydrogen-bond acceptors (Lipinski definition) is 4. The molecule has 6 N–H and O–H groups in total. The van der Waals surface area contributed by atoms with Crippen LogP contribution in [0.2, 0.25) is 0 Å². The molecule has 0 aromatic rings. The van der Waals surface area contributed by atoms with Crippen LogP contribution in [0, 0.1) is 0 Å². The summed E-state index contributed by atoms with van der Waals surface area (Å²) in [4.78, 5) is 21.8. The number of hydrogen-bond donors (Lipinski definition) is 4. The first-order valence-corrected chi connectivity index (χ1v) is 4.05. The smallest absolute Gasteiger partial charge is 0.240 e. The van der Waals surface area contributed by atoms with Gasteiger partial charge in [-0.15, -0.1) is 0 Å². The number of likely N-dealkylation sites (N-methyl/N-ethyl adjacent to an activating group) is 1. The quantitative estimate of drug-likeness (QED) is 0.370. The highest BCUT2D eigenvalue weighted by Gasteiger charge is 2.15. The molecule has 0 saturated heterocycles. The second kappa shape index (κ2) is 6.38. The van der Waals surface area contributed by atoms with Gasteiger partial charge in [-0.05, 0) is 20.0 Å². The lowest BCUT2D eigenvalue weighted by Gasteiger charge is -2.13. The molecule has 1 unspecified atom stereocenters. The zero-order chi connectivity index (χ0) is 10.3. The SMILES string of the molecule is CNCC(=O)NC(CCN)C(N)=O. The van der Waals surface area contributed by atoms with Gasteiger partial charge < -0.3 is 22.1 Å². The fourth-order valence-electron chi connectivity index (χ4n) is 0.858. The van der Waals surface area contributed by atoms with E-state index in [1.165, 1.54) is 0 Å². The summed E-state index contributed by atoms with van der Waals surface area (Å²) in [5, 5.41) is 5.12. The first-order valence-electron chi connectivity index (χ1n) is 4.05. The summed E-state index contributed by atoms with van der Waals surface area (Å²) in [6.45, 7) is 0.474. The van der Waals surface area contributed by atoms with Gasteiger partial charge in [0.05, 0.1) is 6.54 Å². The molecule has 0 aliphatic rings. The van der Waals surface area contributed by atoms with Crippen LogP contribution in [0.15, 0.2) is 0 Å². The average molecular weight is 188 g/mol. The van der Waals surface area contributed by atoms with E-state index in [0.29, 0.717) is 13.0 Å². The molecule has 0 bridgehead atoms. The van der Waals surface area contributed by atoms with E-state index >= 15 is 0 Å². The van der Waals surface area contributed by atoms with Crippen molar-refractivity contribution in [3.63, 3.8) is 0 Å². The molecule has 1 atom stereocenters. The van der Waals surface area contributed by atoms with Gasteiger partial charge >= 0.3 is 0 Å². The van der Waals surface area contributed by atoms with E-state index in [2.05, 4.69) is 10.6 Å². The van der Waals surface area contributed by atoms with Crippen LogP contribution in [0.1, 0.15) is 6.42 Å². The van der Waals surface area contributed by atoms with Crippen molar-refractivity contribution >= 4 is 11.8 Å². The van der Waals surface area contributed by atoms with Crippen molar-refractivity contribution in [3.05, 3.63) is 0 Å². The predicted octanol–water partition coefficient (Wildman–Crippen LogP) is -2.48. The summed E-state index contributed by atoms with van der Waals surface area (Å²) in [5.41, 5.74) is 10.3. The highest BCUT2D eigenvalue weighted by atomic mass is 16.2. The molecule has 2 amide bonds. The molecule has 0 aliphatic heterocycles. The second-order valence-electron chi connectivity index (χ2n) is 2.63. The van der Waals surface area contributed by atoms with Crippen molar-refractivity contribution in [2.75, 3.05) is 20.1 Å². The zero-order valence-electron chi connectivity index (χ0n) is 7.67. The summed E-state index contributed by atoms with van der Waals surface area (Å²) in [6.07, 6.45) is 0.366. The monoisotopic (exact) mass is 188 g/mol. The van der Waals surface area contributed by atoms with E-state index in [0.717, 1.165) is 0 Å². The highest BCUT2D eigenvalue weighted by Crippen LogP contribution is 1.87. The Morgan fingerprint density at radius 2 is 2.08 bits per heavy atom. The number of nitrogens with two attached hydrogens (primary N) is 2. The number of amides is 2. The molecule has 0 heterocycles. The van der Waals surface area contributed by atoms with Crippen LogP contribution in [0.3, 0.4) is 0 Å².